The number of carbonyl (C=O) groups is 1. The summed E-state index contributed by atoms with van der Waals surface area (Å²) in [5.74, 6) is 0.338. The molecule has 1 atom stereocenters. The maximum atomic E-state index is 13.7. The van der Waals surface area contributed by atoms with Crippen molar-refractivity contribution in [2.24, 2.45) is 0 Å². The van der Waals surface area contributed by atoms with E-state index in [1.165, 1.54) is 4.90 Å². The predicted molar refractivity (Wildman–Crippen MR) is 132 cm³/mol. The summed E-state index contributed by atoms with van der Waals surface area (Å²) in [5.41, 5.74) is 0.0603. The smallest absolute Gasteiger partial charge is 0.416 e. The number of anilines is 2. The molecule has 182 valence electrons. The lowest BCUT2D eigenvalue weighted by Gasteiger charge is -2.36. The molecule has 36 heavy (non-hydrogen) atoms. The molecular weight excluding hydrogens is 467 g/mol. The molecule has 0 fully saturated rings. The summed E-state index contributed by atoms with van der Waals surface area (Å²) in [6, 6.07) is 23.4. The van der Waals surface area contributed by atoms with E-state index in [2.05, 4.69) is 5.32 Å². The molecule has 1 N–H and O–H groups in total. The number of allylic oxidation sites excluding steroid dienone is 2. The van der Waals surface area contributed by atoms with Crippen LogP contribution in [0.3, 0.4) is 0 Å². The van der Waals surface area contributed by atoms with E-state index in [9.17, 15) is 23.2 Å². The van der Waals surface area contributed by atoms with E-state index in [0.29, 0.717) is 34.9 Å². The summed E-state index contributed by atoms with van der Waals surface area (Å²) < 4.78 is 46.9. The van der Waals surface area contributed by atoms with Gasteiger partial charge in [0.25, 0.3) is 5.91 Å². The zero-order valence-electron chi connectivity index (χ0n) is 19.3. The molecule has 1 unspecified atom stereocenters. The molecule has 3 aromatic rings. The molecule has 1 amide bonds. The number of alkyl halides is 3. The van der Waals surface area contributed by atoms with Gasteiger partial charge in [0.2, 0.25) is 0 Å². The van der Waals surface area contributed by atoms with Gasteiger partial charge in [0.1, 0.15) is 17.2 Å². The number of halogens is 3. The summed E-state index contributed by atoms with van der Waals surface area (Å²) in [6.07, 6.45) is -2.38. The van der Waals surface area contributed by atoms with E-state index in [0.717, 1.165) is 12.2 Å². The molecule has 8 heteroatoms. The first-order valence-electron chi connectivity index (χ1n) is 11.2. The van der Waals surface area contributed by atoms with Crippen molar-refractivity contribution in [2.45, 2.75) is 25.6 Å². The summed E-state index contributed by atoms with van der Waals surface area (Å²) in [5, 5.41) is 12.0. The van der Waals surface area contributed by atoms with Gasteiger partial charge >= 0.3 is 6.18 Å². The highest BCUT2D eigenvalue weighted by atomic mass is 19.4. The summed E-state index contributed by atoms with van der Waals surface area (Å²) >= 11 is 0. The fourth-order valence-corrected chi connectivity index (χ4v) is 3.89. The third-order valence-electron chi connectivity index (χ3n) is 5.56. The van der Waals surface area contributed by atoms with Gasteiger partial charge in [-0.05, 0) is 61.0 Å². The molecule has 0 aliphatic carbocycles. The SMILES string of the molecule is CCC1C=C(C(F)(F)F)C=C(C(=O)Nc2cccc(Oc3ccccc3)c2)N1c1cccc(C#N)c1. The average molecular weight is 489 g/mol. The number of ether oxygens (including phenoxy) is 1. The Morgan fingerprint density at radius 1 is 1.03 bits per heavy atom. The van der Waals surface area contributed by atoms with Gasteiger partial charge in [0, 0.05) is 17.4 Å². The van der Waals surface area contributed by atoms with E-state index in [4.69, 9.17) is 4.74 Å². The highest BCUT2D eigenvalue weighted by Gasteiger charge is 2.39. The van der Waals surface area contributed by atoms with E-state index >= 15 is 0 Å². The van der Waals surface area contributed by atoms with Crippen LogP contribution in [0, 0.1) is 11.3 Å². The van der Waals surface area contributed by atoms with Crippen LogP contribution in [0.15, 0.2) is 102 Å². The van der Waals surface area contributed by atoms with Crippen LogP contribution in [-0.2, 0) is 4.79 Å². The number of benzene rings is 3. The van der Waals surface area contributed by atoms with Crippen molar-refractivity contribution in [1.82, 2.24) is 0 Å². The number of para-hydroxylation sites is 1. The van der Waals surface area contributed by atoms with Crippen LogP contribution >= 0.6 is 0 Å². The van der Waals surface area contributed by atoms with E-state index in [-0.39, 0.29) is 5.70 Å². The fourth-order valence-electron chi connectivity index (χ4n) is 3.89. The molecular formula is C28H22F3N3O2. The standard InChI is InChI=1S/C28H22F3N3O2/c1-2-22-15-20(28(29,30)31)16-26(34(22)23-10-6-8-19(14-23)18-32)27(35)33-21-9-7-13-25(17-21)36-24-11-4-3-5-12-24/h3-17,22H,2H2,1H3,(H,33,35). The Balaban J connectivity index is 1.68. The molecule has 1 aliphatic heterocycles. The molecule has 1 heterocycles. The van der Waals surface area contributed by atoms with E-state index in [1.54, 1.807) is 67.6 Å². The van der Waals surface area contributed by atoms with Gasteiger partial charge in [-0.25, -0.2) is 0 Å². The topological polar surface area (TPSA) is 65.4 Å². The number of hydrogen-bond donors (Lipinski definition) is 1. The quantitative estimate of drug-likeness (QED) is 0.407. The molecule has 1 aliphatic rings. The predicted octanol–water partition coefficient (Wildman–Crippen LogP) is 6.96. The first-order valence-corrected chi connectivity index (χ1v) is 11.2. The Kier molecular flexibility index (Phi) is 7.11. The zero-order valence-corrected chi connectivity index (χ0v) is 19.3. The first kappa shape index (κ1) is 24.6. The Labute approximate surface area is 206 Å². The van der Waals surface area contributed by atoms with Crippen LogP contribution in [0.25, 0.3) is 0 Å². The van der Waals surface area contributed by atoms with Crippen LogP contribution in [0.4, 0.5) is 24.5 Å². The van der Waals surface area contributed by atoms with Crippen LogP contribution in [0.2, 0.25) is 0 Å². The third kappa shape index (κ3) is 5.58. The molecule has 3 aromatic carbocycles. The monoisotopic (exact) mass is 489 g/mol. The summed E-state index contributed by atoms with van der Waals surface area (Å²) in [4.78, 5) is 14.9. The van der Waals surface area contributed by atoms with Crippen molar-refractivity contribution in [3.8, 4) is 17.6 Å². The summed E-state index contributed by atoms with van der Waals surface area (Å²) in [6.45, 7) is 1.74. The number of amides is 1. The Hall–Kier alpha value is -4.51. The van der Waals surface area contributed by atoms with Crippen LogP contribution in [0.5, 0.6) is 11.5 Å². The molecule has 0 aromatic heterocycles. The highest BCUT2D eigenvalue weighted by molar-refractivity contribution is 6.07. The van der Waals surface area contributed by atoms with Crippen molar-refractivity contribution >= 4 is 17.3 Å². The maximum Gasteiger partial charge on any atom is 0.416 e. The highest BCUT2D eigenvalue weighted by Crippen LogP contribution is 2.36. The van der Waals surface area contributed by atoms with Gasteiger partial charge in [0.05, 0.1) is 23.2 Å². The largest absolute Gasteiger partial charge is 0.457 e. The minimum Gasteiger partial charge on any atom is -0.457 e. The molecule has 0 saturated carbocycles. The minimum absolute atomic E-state index is 0.179. The lowest BCUT2D eigenvalue weighted by molar-refractivity contribution is -0.113. The number of nitriles is 1. The maximum absolute atomic E-state index is 13.7. The second-order valence-electron chi connectivity index (χ2n) is 8.05. The minimum atomic E-state index is -4.62. The Morgan fingerprint density at radius 3 is 2.44 bits per heavy atom. The van der Waals surface area contributed by atoms with Gasteiger partial charge in [-0.3, -0.25) is 4.79 Å². The fraction of sp³-hybridized carbons (Fsp3) is 0.143. The number of rotatable bonds is 6. The Morgan fingerprint density at radius 2 is 1.75 bits per heavy atom. The van der Waals surface area contributed by atoms with Gasteiger partial charge in [-0.2, -0.15) is 18.4 Å². The van der Waals surface area contributed by atoms with Crippen molar-refractivity contribution in [3.05, 3.63) is 108 Å². The van der Waals surface area contributed by atoms with Crippen LogP contribution in [-0.4, -0.2) is 18.1 Å². The molecule has 0 spiro atoms. The second kappa shape index (κ2) is 10.4. The van der Waals surface area contributed by atoms with Crippen molar-refractivity contribution in [1.29, 1.82) is 5.26 Å². The zero-order chi connectivity index (χ0) is 25.7. The molecule has 0 bridgehead atoms. The number of hydrogen-bond acceptors (Lipinski definition) is 4. The molecule has 0 saturated heterocycles. The van der Waals surface area contributed by atoms with Gasteiger partial charge in [0.15, 0.2) is 0 Å². The number of carbonyl (C=O) groups excluding carboxylic acids is 1. The lowest BCUT2D eigenvalue weighted by atomic mass is 9.99. The number of nitrogens with zero attached hydrogens (tertiary/aromatic N) is 2. The van der Waals surface area contributed by atoms with Gasteiger partial charge < -0.3 is 15.0 Å². The van der Waals surface area contributed by atoms with Crippen LogP contribution in [0.1, 0.15) is 18.9 Å². The third-order valence-corrected chi connectivity index (χ3v) is 5.56. The second-order valence-corrected chi connectivity index (χ2v) is 8.05. The molecule has 4 rings (SSSR count). The van der Waals surface area contributed by atoms with E-state index in [1.807, 2.05) is 24.3 Å². The van der Waals surface area contributed by atoms with Gasteiger partial charge in [-0.15, -0.1) is 0 Å². The Bertz CT molecular complexity index is 1360. The van der Waals surface area contributed by atoms with Crippen LogP contribution < -0.4 is 15.0 Å². The molecule has 5 nitrogen and oxygen atoms in total. The first-order chi connectivity index (χ1) is 17.3. The molecule has 0 radical (unpaired) electrons. The van der Waals surface area contributed by atoms with Crippen molar-refractivity contribution in [2.75, 3.05) is 10.2 Å². The van der Waals surface area contributed by atoms with Crippen molar-refractivity contribution < 1.29 is 22.7 Å². The lowest BCUT2D eigenvalue weighted by Crippen LogP contribution is -2.41. The van der Waals surface area contributed by atoms with E-state index < -0.39 is 23.7 Å². The average Bonchev–Trinajstić information content (AvgIpc) is 2.88. The number of nitrogens with one attached hydrogen (secondary N) is 1. The van der Waals surface area contributed by atoms with Gasteiger partial charge in [-0.1, -0.05) is 37.3 Å². The summed E-state index contributed by atoms with van der Waals surface area (Å²) in [7, 11) is 0. The van der Waals surface area contributed by atoms with Crippen molar-refractivity contribution in [3.63, 3.8) is 0 Å². The normalized spacial score (nSPS) is 15.4.